The Labute approximate surface area is 96.3 Å². The summed E-state index contributed by atoms with van der Waals surface area (Å²) in [5.74, 6) is 0.784. The van der Waals surface area contributed by atoms with Crippen molar-refractivity contribution in [3.05, 3.63) is 12.7 Å². The highest BCUT2D eigenvalue weighted by Crippen LogP contribution is 2.01. The lowest BCUT2D eigenvalue weighted by molar-refractivity contribution is -0.121. The van der Waals surface area contributed by atoms with Crippen molar-refractivity contribution >= 4 is 5.91 Å². The van der Waals surface area contributed by atoms with Crippen molar-refractivity contribution in [3.8, 4) is 0 Å². The zero-order valence-electron chi connectivity index (χ0n) is 10.0. The molecule has 0 aromatic carbocycles. The van der Waals surface area contributed by atoms with Gasteiger partial charge in [-0.2, -0.15) is 5.10 Å². The summed E-state index contributed by atoms with van der Waals surface area (Å²) < 4.78 is 1.66. The first-order valence-corrected chi connectivity index (χ1v) is 5.77. The van der Waals surface area contributed by atoms with Gasteiger partial charge in [-0.25, -0.2) is 4.98 Å². The lowest BCUT2D eigenvalue weighted by Gasteiger charge is -2.06. The standard InChI is InChI=1S/C11H20N4O/c1-10(2)4-3-6-13-11(16)5-7-15-9-12-8-14-15/h8-10H,3-7H2,1-2H3,(H,13,16). The molecule has 0 fully saturated rings. The predicted octanol–water partition coefficient (Wildman–Crippen LogP) is 1.22. The minimum atomic E-state index is 0.0826. The van der Waals surface area contributed by atoms with Gasteiger partial charge in [0, 0.05) is 13.0 Å². The molecule has 0 aliphatic rings. The van der Waals surface area contributed by atoms with Gasteiger partial charge in [-0.05, 0) is 18.8 Å². The van der Waals surface area contributed by atoms with Crippen LogP contribution >= 0.6 is 0 Å². The Morgan fingerprint density at radius 1 is 1.50 bits per heavy atom. The quantitative estimate of drug-likeness (QED) is 0.708. The zero-order chi connectivity index (χ0) is 11.8. The predicted molar refractivity (Wildman–Crippen MR) is 61.7 cm³/mol. The first kappa shape index (κ1) is 12.7. The van der Waals surface area contributed by atoms with E-state index in [4.69, 9.17) is 0 Å². The monoisotopic (exact) mass is 224 g/mol. The van der Waals surface area contributed by atoms with Gasteiger partial charge in [0.2, 0.25) is 5.91 Å². The van der Waals surface area contributed by atoms with Gasteiger partial charge in [0.05, 0.1) is 6.54 Å². The van der Waals surface area contributed by atoms with Gasteiger partial charge in [-0.1, -0.05) is 13.8 Å². The van der Waals surface area contributed by atoms with E-state index in [-0.39, 0.29) is 5.91 Å². The van der Waals surface area contributed by atoms with Crippen LogP contribution in [0, 0.1) is 5.92 Å². The Morgan fingerprint density at radius 2 is 2.31 bits per heavy atom. The molecule has 0 spiro atoms. The van der Waals surface area contributed by atoms with Crippen LogP contribution in [0.5, 0.6) is 0 Å². The van der Waals surface area contributed by atoms with E-state index in [1.807, 2.05) is 0 Å². The van der Waals surface area contributed by atoms with E-state index in [0.29, 0.717) is 18.9 Å². The first-order valence-electron chi connectivity index (χ1n) is 5.77. The highest BCUT2D eigenvalue weighted by Gasteiger charge is 2.01. The molecule has 0 aliphatic carbocycles. The van der Waals surface area contributed by atoms with Gasteiger partial charge >= 0.3 is 0 Å². The van der Waals surface area contributed by atoms with E-state index < -0.39 is 0 Å². The Kier molecular flexibility index (Phi) is 5.53. The van der Waals surface area contributed by atoms with E-state index in [9.17, 15) is 4.79 Å². The second-order valence-electron chi connectivity index (χ2n) is 4.29. The van der Waals surface area contributed by atoms with Crippen molar-refractivity contribution in [2.24, 2.45) is 5.92 Å². The van der Waals surface area contributed by atoms with Crippen molar-refractivity contribution in [1.29, 1.82) is 0 Å². The second kappa shape index (κ2) is 6.98. The minimum Gasteiger partial charge on any atom is -0.356 e. The third-order valence-corrected chi connectivity index (χ3v) is 2.31. The molecule has 0 unspecified atom stereocenters. The summed E-state index contributed by atoms with van der Waals surface area (Å²) in [5, 5.41) is 6.83. The number of nitrogens with one attached hydrogen (secondary N) is 1. The fourth-order valence-electron chi connectivity index (χ4n) is 1.39. The van der Waals surface area contributed by atoms with Crippen LogP contribution in [0.4, 0.5) is 0 Å². The molecular formula is C11H20N4O. The largest absolute Gasteiger partial charge is 0.356 e. The maximum absolute atomic E-state index is 11.4. The van der Waals surface area contributed by atoms with Crippen LogP contribution in [0.2, 0.25) is 0 Å². The minimum absolute atomic E-state index is 0.0826. The molecule has 5 heteroatoms. The number of hydrogen-bond donors (Lipinski definition) is 1. The van der Waals surface area contributed by atoms with Crippen LogP contribution < -0.4 is 5.32 Å². The molecule has 0 saturated heterocycles. The van der Waals surface area contributed by atoms with Crippen molar-refractivity contribution in [3.63, 3.8) is 0 Å². The van der Waals surface area contributed by atoms with Crippen molar-refractivity contribution < 1.29 is 4.79 Å². The topological polar surface area (TPSA) is 59.8 Å². The summed E-state index contributed by atoms with van der Waals surface area (Å²) in [7, 11) is 0. The van der Waals surface area contributed by atoms with E-state index in [1.165, 1.54) is 6.33 Å². The van der Waals surface area contributed by atoms with Crippen LogP contribution in [-0.4, -0.2) is 27.2 Å². The van der Waals surface area contributed by atoms with Crippen molar-refractivity contribution in [1.82, 2.24) is 20.1 Å². The maximum Gasteiger partial charge on any atom is 0.221 e. The number of carbonyl (C=O) groups excluding carboxylic acids is 1. The maximum atomic E-state index is 11.4. The number of aromatic nitrogens is 3. The van der Waals surface area contributed by atoms with Gasteiger partial charge in [0.15, 0.2) is 0 Å². The number of nitrogens with zero attached hydrogens (tertiary/aromatic N) is 3. The van der Waals surface area contributed by atoms with Gasteiger partial charge in [0.25, 0.3) is 0 Å². The van der Waals surface area contributed by atoms with Crippen LogP contribution in [0.25, 0.3) is 0 Å². The molecular weight excluding hydrogens is 204 g/mol. The van der Waals surface area contributed by atoms with Crippen molar-refractivity contribution in [2.45, 2.75) is 39.7 Å². The lowest BCUT2D eigenvalue weighted by Crippen LogP contribution is -2.25. The van der Waals surface area contributed by atoms with Gasteiger partial charge in [-0.3, -0.25) is 9.48 Å². The summed E-state index contributed by atoms with van der Waals surface area (Å²) in [6.07, 6.45) is 5.76. The summed E-state index contributed by atoms with van der Waals surface area (Å²) >= 11 is 0. The Balaban J connectivity index is 2.03. The summed E-state index contributed by atoms with van der Waals surface area (Å²) in [6, 6.07) is 0. The molecule has 1 aromatic heterocycles. The average molecular weight is 224 g/mol. The van der Waals surface area contributed by atoms with E-state index in [1.54, 1.807) is 11.0 Å². The molecule has 1 N–H and O–H groups in total. The molecule has 0 aliphatic heterocycles. The molecule has 16 heavy (non-hydrogen) atoms. The molecule has 0 atom stereocenters. The Bertz CT molecular complexity index is 295. The van der Waals surface area contributed by atoms with Gasteiger partial charge in [-0.15, -0.1) is 0 Å². The molecule has 1 rings (SSSR count). The van der Waals surface area contributed by atoms with E-state index >= 15 is 0 Å². The number of carbonyl (C=O) groups is 1. The highest BCUT2D eigenvalue weighted by molar-refractivity contribution is 5.75. The number of hydrogen-bond acceptors (Lipinski definition) is 3. The normalized spacial score (nSPS) is 10.7. The van der Waals surface area contributed by atoms with Crippen LogP contribution in [0.3, 0.4) is 0 Å². The van der Waals surface area contributed by atoms with Crippen LogP contribution in [0.15, 0.2) is 12.7 Å². The van der Waals surface area contributed by atoms with Crippen LogP contribution in [0.1, 0.15) is 33.1 Å². The number of rotatable bonds is 7. The molecule has 1 heterocycles. The molecule has 5 nitrogen and oxygen atoms in total. The summed E-state index contributed by atoms with van der Waals surface area (Å²) in [4.78, 5) is 15.2. The number of aryl methyl sites for hydroxylation is 1. The SMILES string of the molecule is CC(C)CCCNC(=O)CCn1cncn1. The lowest BCUT2D eigenvalue weighted by atomic mass is 10.1. The fraction of sp³-hybridized carbons (Fsp3) is 0.727. The Morgan fingerprint density at radius 3 is 2.94 bits per heavy atom. The van der Waals surface area contributed by atoms with Crippen LogP contribution in [-0.2, 0) is 11.3 Å². The number of amides is 1. The average Bonchev–Trinajstić information content (AvgIpc) is 2.74. The van der Waals surface area contributed by atoms with E-state index in [0.717, 1.165) is 19.4 Å². The smallest absolute Gasteiger partial charge is 0.221 e. The summed E-state index contributed by atoms with van der Waals surface area (Å²) in [6.45, 7) is 5.74. The molecule has 1 aromatic rings. The molecule has 0 bridgehead atoms. The highest BCUT2D eigenvalue weighted by atomic mass is 16.1. The third-order valence-electron chi connectivity index (χ3n) is 2.31. The second-order valence-corrected chi connectivity index (χ2v) is 4.29. The fourth-order valence-corrected chi connectivity index (χ4v) is 1.39. The summed E-state index contributed by atoms with van der Waals surface area (Å²) in [5.41, 5.74) is 0. The van der Waals surface area contributed by atoms with Gasteiger partial charge in [0.1, 0.15) is 12.7 Å². The molecule has 0 radical (unpaired) electrons. The zero-order valence-corrected chi connectivity index (χ0v) is 10.0. The molecule has 0 saturated carbocycles. The van der Waals surface area contributed by atoms with Crippen molar-refractivity contribution in [2.75, 3.05) is 6.54 Å². The first-order chi connectivity index (χ1) is 7.68. The molecule has 1 amide bonds. The third kappa shape index (κ3) is 5.48. The van der Waals surface area contributed by atoms with E-state index in [2.05, 4.69) is 29.2 Å². The van der Waals surface area contributed by atoms with Gasteiger partial charge < -0.3 is 5.32 Å². The Hall–Kier alpha value is -1.39. The molecule has 90 valence electrons.